The van der Waals surface area contributed by atoms with Crippen LogP contribution in [0, 0.1) is 6.92 Å². The molecule has 2 rings (SSSR count). The van der Waals surface area contributed by atoms with Gasteiger partial charge in [-0.3, -0.25) is 4.79 Å². The number of hydrogen-bond acceptors (Lipinski definition) is 6. The molecule has 1 aromatic heterocycles. The van der Waals surface area contributed by atoms with Crippen molar-refractivity contribution in [1.29, 1.82) is 0 Å². The topological polar surface area (TPSA) is 73.3 Å². The summed E-state index contributed by atoms with van der Waals surface area (Å²) >= 11 is 1.18. The first kappa shape index (κ1) is 17.4. The van der Waals surface area contributed by atoms with Crippen LogP contribution in [-0.2, 0) is 11.3 Å². The number of ether oxygens (including phenoxy) is 2. The predicted molar refractivity (Wildman–Crippen MR) is 88.9 cm³/mol. The first-order valence-electron chi connectivity index (χ1n) is 7.57. The maximum atomic E-state index is 12.0. The molecule has 0 spiro atoms. The smallest absolute Gasteiger partial charge is 0.251 e. The molecular weight excluding hydrogens is 314 g/mol. The van der Waals surface area contributed by atoms with Crippen LogP contribution in [0.4, 0.5) is 0 Å². The van der Waals surface area contributed by atoms with Crippen molar-refractivity contribution in [1.82, 2.24) is 14.1 Å². The van der Waals surface area contributed by atoms with Crippen LogP contribution in [0.15, 0.2) is 24.3 Å². The third-order valence-electron chi connectivity index (χ3n) is 3.19. The van der Waals surface area contributed by atoms with E-state index in [9.17, 15) is 4.79 Å². The van der Waals surface area contributed by atoms with Crippen molar-refractivity contribution in [3.8, 4) is 5.75 Å². The Kier molecular flexibility index (Phi) is 6.96. The van der Waals surface area contributed by atoms with Crippen molar-refractivity contribution in [2.75, 3.05) is 19.8 Å². The summed E-state index contributed by atoms with van der Waals surface area (Å²) in [6.45, 7) is 6.20. The van der Waals surface area contributed by atoms with Crippen LogP contribution in [0.2, 0.25) is 0 Å². The van der Waals surface area contributed by atoms with Crippen molar-refractivity contribution in [2.24, 2.45) is 0 Å². The molecule has 1 N–H and O–H groups in total. The number of hydrogen-bond donors (Lipinski definition) is 1. The molecule has 23 heavy (non-hydrogen) atoms. The van der Waals surface area contributed by atoms with Gasteiger partial charge in [0.2, 0.25) is 0 Å². The molecular formula is C16H21N3O3S. The minimum Gasteiger partial charge on any atom is -0.487 e. The Morgan fingerprint density at radius 2 is 2.04 bits per heavy atom. The van der Waals surface area contributed by atoms with E-state index in [-0.39, 0.29) is 5.91 Å². The molecule has 6 nitrogen and oxygen atoms in total. The molecule has 0 saturated carbocycles. The summed E-state index contributed by atoms with van der Waals surface area (Å²) < 4.78 is 19.1. The summed E-state index contributed by atoms with van der Waals surface area (Å²) in [7, 11) is 0. The highest BCUT2D eigenvalue weighted by molar-refractivity contribution is 6.99. The van der Waals surface area contributed by atoms with E-state index in [0.29, 0.717) is 37.7 Å². The molecule has 0 bridgehead atoms. The minimum absolute atomic E-state index is 0.0902. The molecule has 1 amide bonds. The molecule has 0 aliphatic rings. The van der Waals surface area contributed by atoms with Gasteiger partial charge in [0.25, 0.3) is 5.91 Å². The van der Waals surface area contributed by atoms with Crippen LogP contribution in [0.1, 0.15) is 35.1 Å². The Balaban J connectivity index is 1.77. The van der Waals surface area contributed by atoms with E-state index in [1.54, 1.807) is 24.3 Å². The number of aryl methyl sites for hydroxylation is 1. The molecule has 1 heterocycles. The van der Waals surface area contributed by atoms with Gasteiger partial charge in [-0.1, -0.05) is 0 Å². The van der Waals surface area contributed by atoms with E-state index in [2.05, 4.69) is 14.1 Å². The van der Waals surface area contributed by atoms with Crippen LogP contribution in [-0.4, -0.2) is 34.4 Å². The lowest BCUT2D eigenvalue weighted by Crippen LogP contribution is -2.25. The van der Waals surface area contributed by atoms with Crippen molar-refractivity contribution < 1.29 is 14.3 Å². The second-order valence-corrected chi connectivity index (χ2v) is 5.44. The summed E-state index contributed by atoms with van der Waals surface area (Å²) in [5.74, 6) is 0.609. The van der Waals surface area contributed by atoms with Gasteiger partial charge in [0.05, 0.1) is 17.4 Å². The van der Waals surface area contributed by atoms with Gasteiger partial charge in [0.15, 0.2) is 0 Å². The molecule has 0 aliphatic carbocycles. The van der Waals surface area contributed by atoms with Crippen LogP contribution in [0.5, 0.6) is 5.75 Å². The number of amides is 1. The van der Waals surface area contributed by atoms with Crippen LogP contribution in [0.25, 0.3) is 0 Å². The summed E-state index contributed by atoms with van der Waals surface area (Å²) in [5, 5.41) is 2.86. The third kappa shape index (κ3) is 5.61. The highest BCUT2D eigenvalue weighted by Crippen LogP contribution is 2.15. The largest absolute Gasteiger partial charge is 0.487 e. The zero-order valence-corrected chi connectivity index (χ0v) is 14.2. The Morgan fingerprint density at radius 3 is 2.70 bits per heavy atom. The molecule has 0 saturated heterocycles. The van der Waals surface area contributed by atoms with Crippen molar-refractivity contribution in [3.63, 3.8) is 0 Å². The standard InChI is InChI=1S/C16H21N3O3S/c1-3-21-10-4-9-17-16(20)13-5-7-14(8-6-13)22-11-15-12(2)18-23-19-15/h5-8H,3-4,9-11H2,1-2H3,(H,17,20). The maximum Gasteiger partial charge on any atom is 0.251 e. The van der Waals surface area contributed by atoms with Crippen LogP contribution < -0.4 is 10.1 Å². The average Bonchev–Trinajstić information content (AvgIpc) is 2.98. The van der Waals surface area contributed by atoms with Gasteiger partial charge in [0.1, 0.15) is 18.1 Å². The molecule has 0 radical (unpaired) electrons. The van der Waals surface area contributed by atoms with E-state index in [4.69, 9.17) is 9.47 Å². The molecule has 0 atom stereocenters. The van der Waals surface area contributed by atoms with Gasteiger partial charge < -0.3 is 14.8 Å². The fourth-order valence-electron chi connectivity index (χ4n) is 1.86. The van der Waals surface area contributed by atoms with Crippen LogP contribution in [0.3, 0.4) is 0 Å². The van der Waals surface area contributed by atoms with E-state index >= 15 is 0 Å². The van der Waals surface area contributed by atoms with Gasteiger partial charge >= 0.3 is 0 Å². The number of rotatable bonds is 9. The number of carbonyl (C=O) groups excluding carboxylic acids is 1. The number of nitrogens with zero attached hydrogens (tertiary/aromatic N) is 2. The lowest BCUT2D eigenvalue weighted by molar-refractivity contribution is 0.0944. The highest BCUT2D eigenvalue weighted by atomic mass is 32.1. The molecule has 2 aromatic rings. The second kappa shape index (κ2) is 9.22. The van der Waals surface area contributed by atoms with Gasteiger partial charge in [-0.15, -0.1) is 0 Å². The predicted octanol–water partition coefficient (Wildman–Crippen LogP) is 2.58. The first-order valence-corrected chi connectivity index (χ1v) is 8.30. The van der Waals surface area contributed by atoms with Gasteiger partial charge in [-0.25, -0.2) is 0 Å². The maximum absolute atomic E-state index is 12.0. The molecule has 0 unspecified atom stereocenters. The Labute approximate surface area is 140 Å². The molecule has 0 aliphatic heterocycles. The normalized spacial score (nSPS) is 10.5. The van der Waals surface area contributed by atoms with Crippen molar-refractivity contribution in [3.05, 3.63) is 41.2 Å². The Morgan fingerprint density at radius 1 is 1.26 bits per heavy atom. The van der Waals surface area contributed by atoms with E-state index < -0.39 is 0 Å². The molecule has 124 valence electrons. The Bertz CT molecular complexity index is 613. The second-order valence-electron chi connectivity index (χ2n) is 4.92. The highest BCUT2D eigenvalue weighted by Gasteiger charge is 2.07. The minimum atomic E-state index is -0.0902. The number of nitrogens with one attached hydrogen (secondary N) is 1. The monoisotopic (exact) mass is 335 g/mol. The lowest BCUT2D eigenvalue weighted by Gasteiger charge is -2.07. The molecule has 0 fully saturated rings. The van der Waals surface area contributed by atoms with Gasteiger partial charge in [-0.05, 0) is 44.5 Å². The fraction of sp³-hybridized carbons (Fsp3) is 0.438. The van der Waals surface area contributed by atoms with Crippen molar-refractivity contribution >= 4 is 17.6 Å². The summed E-state index contributed by atoms with van der Waals surface area (Å²) in [6.07, 6.45) is 0.807. The van der Waals surface area contributed by atoms with Gasteiger partial charge in [0, 0.05) is 25.3 Å². The zero-order valence-electron chi connectivity index (χ0n) is 13.4. The fourth-order valence-corrected chi connectivity index (χ4v) is 2.41. The first-order chi connectivity index (χ1) is 11.2. The van der Waals surface area contributed by atoms with E-state index in [1.165, 1.54) is 11.7 Å². The number of benzene rings is 1. The summed E-state index contributed by atoms with van der Waals surface area (Å²) in [5.41, 5.74) is 2.34. The SMILES string of the molecule is CCOCCCNC(=O)c1ccc(OCc2nsnc2C)cc1. The van der Waals surface area contributed by atoms with Crippen molar-refractivity contribution in [2.45, 2.75) is 26.9 Å². The van der Waals surface area contributed by atoms with E-state index in [0.717, 1.165) is 17.8 Å². The number of carbonyl (C=O) groups is 1. The molecule has 1 aromatic carbocycles. The lowest BCUT2D eigenvalue weighted by atomic mass is 10.2. The quantitative estimate of drug-likeness (QED) is 0.713. The zero-order chi connectivity index (χ0) is 16.5. The van der Waals surface area contributed by atoms with Crippen LogP contribution >= 0.6 is 11.7 Å². The average molecular weight is 335 g/mol. The Hall–Kier alpha value is -1.99. The summed E-state index contributed by atoms with van der Waals surface area (Å²) in [4.78, 5) is 12.0. The third-order valence-corrected chi connectivity index (χ3v) is 3.85. The van der Waals surface area contributed by atoms with Gasteiger partial charge in [-0.2, -0.15) is 8.75 Å². The molecule has 7 heteroatoms. The summed E-state index contributed by atoms with van der Waals surface area (Å²) in [6, 6.07) is 7.06. The van der Waals surface area contributed by atoms with E-state index in [1.807, 2.05) is 13.8 Å². The number of aromatic nitrogens is 2.